The maximum atomic E-state index is 10.6. The molecule has 1 aliphatic carbocycles. The van der Waals surface area contributed by atoms with Gasteiger partial charge in [-0.1, -0.05) is 12.1 Å². The van der Waals surface area contributed by atoms with Crippen molar-refractivity contribution in [2.75, 3.05) is 19.7 Å². The predicted molar refractivity (Wildman–Crippen MR) is 102 cm³/mol. The van der Waals surface area contributed by atoms with Crippen LogP contribution in [0.3, 0.4) is 0 Å². The fraction of sp³-hybridized carbons (Fsp3) is 0.500. The first-order chi connectivity index (χ1) is 10.7. The number of nitrogens with one attached hydrogen (secondary N) is 2. The highest BCUT2D eigenvalue weighted by Gasteiger charge is 2.21. The van der Waals surface area contributed by atoms with Gasteiger partial charge in [0.15, 0.2) is 12.6 Å². The largest absolute Gasteiger partial charge is 0.484 e. The SMILES string of the molecule is CCNC(=NCCc1ccc(OCC(N)=O)cc1)NC1CC1.I. The van der Waals surface area contributed by atoms with Crippen molar-refractivity contribution in [2.24, 2.45) is 10.7 Å². The van der Waals surface area contributed by atoms with E-state index in [9.17, 15) is 4.79 Å². The summed E-state index contributed by atoms with van der Waals surface area (Å²) in [5.41, 5.74) is 6.22. The van der Waals surface area contributed by atoms with E-state index in [1.165, 1.54) is 18.4 Å². The Labute approximate surface area is 154 Å². The van der Waals surface area contributed by atoms with E-state index in [0.717, 1.165) is 25.5 Å². The number of amides is 1. The molecule has 0 bridgehead atoms. The van der Waals surface area contributed by atoms with Gasteiger partial charge < -0.3 is 21.1 Å². The fourth-order valence-electron chi connectivity index (χ4n) is 1.94. The highest BCUT2D eigenvalue weighted by Crippen LogP contribution is 2.18. The van der Waals surface area contributed by atoms with Crippen molar-refractivity contribution in [3.63, 3.8) is 0 Å². The molecule has 0 radical (unpaired) electrons. The van der Waals surface area contributed by atoms with Crippen molar-refractivity contribution in [2.45, 2.75) is 32.2 Å². The molecule has 1 aromatic rings. The molecule has 0 unspecified atom stereocenters. The molecular weight excluding hydrogens is 407 g/mol. The Morgan fingerprint density at radius 1 is 1.35 bits per heavy atom. The topological polar surface area (TPSA) is 88.7 Å². The third-order valence-electron chi connectivity index (χ3n) is 3.24. The number of guanidine groups is 1. The van der Waals surface area contributed by atoms with E-state index in [0.29, 0.717) is 11.8 Å². The zero-order chi connectivity index (χ0) is 15.8. The molecule has 0 heterocycles. The summed E-state index contributed by atoms with van der Waals surface area (Å²) in [6, 6.07) is 8.24. The molecular formula is C16H25IN4O2. The fourth-order valence-corrected chi connectivity index (χ4v) is 1.94. The second-order valence-corrected chi connectivity index (χ2v) is 5.33. The molecule has 2 rings (SSSR count). The standard InChI is InChI=1S/C16H24N4O2.HI/c1-2-18-16(20-13-5-6-13)19-10-9-12-3-7-14(8-4-12)22-11-15(17)21;/h3-4,7-8,13H,2,5-6,9-11H2,1H3,(H2,17,21)(H2,18,19,20);1H. The van der Waals surface area contributed by atoms with Gasteiger partial charge in [0.2, 0.25) is 0 Å². The van der Waals surface area contributed by atoms with Crippen LogP contribution < -0.4 is 21.1 Å². The Balaban J connectivity index is 0.00000264. The smallest absolute Gasteiger partial charge is 0.255 e. The van der Waals surface area contributed by atoms with Crippen molar-refractivity contribution >= 4 is 35.8 Å². The van der Waals surface area contributed by atoms with E-state index in [2.05, 4.69) is 22.5 Å². The number of hydrogen-bond acceptors (Lipinski definition) is 3. The van der Waals surface area contributed by atoms with E-state index in [1.54, 1.807) is 0 Å². The molecule has 1 aliphatic rings. The number of rotatable bonds is 8. The van der Waals surface area contributed by atoms with Crippen LogP contribution >= 0.6 is 24.0 Å². The lowest BCUT2D eigenvalue weighted by Gasteiger charge is -2.10. The zero-order valence-electron chi connectivity index (χ0n) is 13.4. The van der Waals surface area contributed by atoms with Gasteiger partial charge in [0.25, 0.3) is 5.91 Å². The van der Waals surface area contributed by atoms with E-state index in [4.69, 9.17) is 10.5 Å². The van der Waals surface area contributed by atoms with Crippen molar-refractivity contribution < 1.29 is 9.53 Å². The number of nitrogens with two attached hydrogens (primary N) is 1. The Kier molecular flexibility index (Phi) is 8.75. The summed E-state index contributed by atoms with van der Waals surface area (Å²) in [6.07, 6.45) is 3.33. The van der Waals surface area contributed by atoms with Crippen molar-refractivity contribution in [3.8, 4) is 5.75 Å². The van der Waals surface area contributed by atoms with Crippen LogP contribution in [-0.4, -0.2) is 37.6 Å². The van der Waals surface area contributed by atoms with Crippen molar-refractivity contribution in [3.05, 3.63) is 29.8 Å². The number of halogens is 1. The average Bonchev–Trinajstić information content (AvgIpc) is 3.30. The van der Waals surface area contributed by atoms with E-state index in [-0.39, 0.29) is 30.6 Å². The zero-order valence-corrected chi connectivity index (χ0v) is 15.7. The lowest BCUT2D eigenvalue weighted by atomic mass is 10.1. The summed E-state index contributed by atoms with van der Waals surface area (Å²) < 4.78 is 5.23. The molecule has 0 saturated heterocycles. The second-order valence-electron chi connectivity index (χ2n) is 5.33. The first-order valence-corrected chi connectivity index (χ1v) is 7.72. The van der Waals surface area contributed by atoms with Gasteiger partial charge in [0.05, 0.1) is 0 Å². The Bertz CT molecular complexity index is 515. The average molecular weight is 432 g/mol. The van der Waals surface area contributed by atoms with Crippen LogP contribution in [0.1, 0.15) is 25.3 Å². The van der Waals surface area contributed by atoms with Crippen LogP contribution in [-0.2, 0) is 11.2 Å². The number of carbonyl (C=O) groups excluding carboxylic acids is 1. The first-order valence-electron chi connectivity index (χ1n) is 7.72. The molecule has 6 nitrogen and oxygen atoms in total. The molecule has 0 atom stereocenters. The van der Waals surface area contributed by atoms with E-state index >= 15 is 0 Å². The second kappa shape index (κ2) is 10.3. The van der Waals surface area contributed by atoms with Crippen LogP contribution in [0.5, 0.6) is 5.75 Å². The molecule has 4 N–H and O–H groups in total. The van der Waals surface area contributed by atoms with Crippen LogP contribution in [0, 0.1) is 0 Å². The van der Waals surface area contributed by atoms with E-state index in [1.807, 2.05) is 24.3 Å². The van der Waals surface area contributed by atoms with Crippen molar-refractivity contribution in [1.29, 1.82) is 0 Å². The molecule has 7 heteroatoms. The summed E-state index contributed by atoms with van der Waals surface area (Å²) in [5, 5.41) is 6.64. The number of aliphatic imine (C=N–C) groups is 1. The molecule has 1 fully saturated rings. The molecule has 1 saturated carbocycles. The Hall–Kier alpha value is -1.51. The molecule has 0 aliphatic heterocycles. The minimum absolute atomic E-state index is 0. The molecule has 23 heavy (non-hydrogen) atoms. The van der Waals surface area contributed by atoms with E-state index < -0.39 is 5.91 Å². The minimum atomic E-state index is -0.475. The van der Waals surface area contributed by atoms with Crippen LogP contribution in [0.2, 0.25) is 0 Å². The highest BCUT2D eigenvalue weighted by molar-refractivity contribution is 14.0. The quantitative estimate of drug-likeness (QED) is 0.330. The molecule has 1 aromatic carbocycles. The number of hydrogen-bond donors (Lipinski definition) is 3. The summed E-state index contributed by atoms with van der Waals surface area (Å²) in [4.78, 5) is 15.2. The Morgan fingerprint density at radius 2 is 2.04 bits per heavy atom. The van der Waals surface area contributed by atoms with Gasteiger partial charge in [-0.25, -0.2) is 0 Å². The van der Waals surface area contributed by atoms with Crippen LogP contribution in [0.25, 0.3) is 0 Å². The summed E-state index contributed by atoms with van der Waals surface area (Å²) >= 11 is 0. The van der Waals surface area contributed by atoms with Gasteiger partial charge in [-0.05, 0) is 43.9 Å². The maximum absolute atomic E-state index is 10.6. The minimum Gasteiger partial charge on any atom is -0.484 e. The Morgan fingerprint density at radius 3 is 2.61 bits per heavy atom. The maximum Gasteiger partial charge on any atom is 0.255 e. The molecule has 128 valence electrons. The van der Waals surface area contributed by atoms with Crippen molar-refractivity contribution in [1.82, 2.24) is 10.6 Å². The van der Waals surface area contributed by atoms with Gasteiger partial charge >= 0.3 is 0 Å². The number of benzene rings is 1. The van der Waals surface area contributed by atoms with Gasteiger partial charge in [0, 0.05) is 19.1 Å². The number of nitrogens with zero attached hydrogens (tertiary/aromatic N) is 1. The molecule has 0 spiro atoms. The lowest BCUT2D eigenvalue weighted by molar-refractivity contribution is -0.119. The van der Waals surface area contributed by atoms with Crippen LogP contribution in [0.15, 0.2) is 29.3 Å². The molecule has 1 amide bonds. The summed E-state index contributed by atoms with van der Waals surface area (Å²) in [7, 11) is 0. The van der Waals surface area contributed by atoms with Gasteiger partial charge in [-0.2, -0.15) is 0 Å². The normalized spacial score (nSPS) is 13.9. The van der Waals surface area contributed by atoms with Gasteiger partial charge in [-0.15, -0.1) is 24.0 Å². The third kappa shape index (κ3) is 8.06. The lowest BCUT2D eigenvalue weighted by Crippen LogP contribution is -2.38. The highest BCUT2D eigenvalue weighted by atomic mass is 127. The summed E-state index contributed by atoms with van der Waals surface area (Å²) in [6.45, 7) is 3.56. The number of carbonyl (C=O) groups is 1. The summed E-state index contributed by atoms with van der Waals surface area (Å²) in [5.74, 6) is 1.07. The van der Waals surface area contributed by atoms with Gasteiger partial charge in [0.1, 0.15) is 5.75 Å². The number of primary amides is 1. The number of ether oxygens (including phenoxy) is 1. The first kappa shape index (κ1) is 19.5. The predicted octanol–water partition coefficient (Wildman–Crippen LogP) is 1.43. The third-order valence-corrected chi connectivity index (χ3v) is 3.24. The van der Waals surface area contributed by atoms with Gasteiger partial charge in [-0.3, -0.25) is 9.79 Å². The molecule has 0 aromatic heterocycles. The monoisotopic (exact) mass is 432 g/mol. The van der Waals surface area contributed by atoms with Crippen LogP contribution in [0.4, 0.5) is 0 Å².